The molecule has 0 unspecified atom stereocenters. The SMILES string of the molecule is CCCO[C@@H]1CCCN(C(=O)c2cc(=O)cc(C)[nH]2)C1. The van der Waals surface area contributed by atoms with Gasteiger partial charge >= 0.3 is 0 Å². The first kappa shape index (κ1) is 14.8. The topological polar surface area (TPSA) is 62.4 Å². The molecule has 1 atom stereocenters. The van der Waals surface area contributed by atoms with Gasteiger partial charge in [-0.05, 0) is 26.2 Å². The molecule has 0 saturated carbocycles. The van der Waals surface area contributed by atoms with Gasteiger partial charge in [0, 0.05) is 37.5 Å². The van der Waals surface area contributed by atoms with Gasteiger partial charge in [-0.15, -0.1) is 0 Å². The van der Waals surface area contributed by atoms with Crippen molar-refractivity contribution in [1.29, 1.82) is 0 Å². The van der Waals surface area contributed by atoms with Crippen LogP contribution in [0.1, 0.15) is 42.4 Å². The number of rotatable bonds is 4. The van der Waals surface area contributed by atoms with E-state index in [-0.39, 0.29) is 17.4 Å². The smallest absolute Gasteiger partial charge is 0.270 e. The fraction of sp³-hybridized carbons (Fsp3) is 0.600. The summed E-state index contributed by atoms with van der Waals surface area (Å²) in [6.45, 7) is 5.91. The Hall–Kier alpha value is -1.62. The first-order valence-corrected chi connectivity index (χ1v) is 7.22. The van der Waals surface area contributed by atoms with Crippen molar-refractivity contribution in [3.63, 3.8) is 0 Å². The number of likely N-dealkylation sites (tertiary alicyclic amines) is 1. The fourth-order valence-electron chi connectivity index (χ4n) is 2.51. The molecule has 1 fully saturated rings. The summed E-state index contributed by atoms with van der Waals surface area (Å²) in [4.78, 5) is 28.7. The predicted octanol–water partition coefficient (Wildman–Crippen LogP) is 1.71. The average molecular weight is 278 g/mol. The summed E-state index contributed by atoms with van der Waals surface area (Å²) >= 11 is 0. The van der Waals surface area contributed by atoms with Crippen molar-refractivity contribution in [2.75, 3.05) is 19.7 Å². The molecule has 1 aliphatic rings. The molecule has 20 heavy (non-hydrogen) atoms. The first-order chi connectivity index (χ1) is 9.60. The second-order valence-electron chi connectivity index (χ2n) is 5.30. The molecule has 1 aromatic heterocycles. The average Bonchev–Trinajstić information content (AvgIpc) is 2.43. The lowest BCUT2D eigenvalue weighted by Crippen LogP contribution is -2.43. The molecule has 1 aliphatic heterocycles. The molecule has 2 rings (SSSR count). The number of nitrogens with zero attached hydrogens (tertiary/aromatic N) is 1. The van der Waals surface area contributed by atoms with E-state index in [4.69, 9.17) is 4.74 Å². The van der Waals surface area contributed by atoms with Gasteiger partial charge in [-0.2, -0.15) is 0 Å². The van der Waals surface area contributed by atoms with Crippen molar-refractivity contribution in [2.24, 2.45) is 0 Å². The predicted molar refractivity (Wildman–Crippen MR) is 77.0 cm³/mol. The van der Waals surface area contributed by atoms with Crippen LogP contribution in [0.3, 0.4) is 0 Å². The number of carbonyl (C=O) groups excluding carboxylic acids is 1. The zero-order valence-electron chi connectivity index (χ0n) is 12.1. The summed E-state index contributed by atoms with van der Waals surface area (Å²) in [6.07, 6.45) is 3.03. The van der Waals surface area contributed by atoms with Gasteiger partial charge in [0.1, 0.15) is 5.69 Å². The van der Waals surface area contributed by atoms with E-state index in [1.807, 2.05) is 0 Å². The Morgan fingerprint density at radius 2 is 2.30 bits per heavy atom. The summed E-state index contributed by atoms with van der Waals surface area (Å²) in [5, 5.41) is 0. The number of nitrogens with one attached hydrogen (secondary N) is 1. The van der Waals surface area contributed by atoms with Crippen LogP contribution in [0, 0.1) is 6.92 Å². The second kappa shape index (κ2) is 6.70. The fourth-order valence-corrected chi connectivity index (χ4v) is 2.51. The second-order valence-corrected chi connectivity index (χ2v) is 5.30. The van der Waals surface area contributed by atoms with Gasteiger partial charge in [0.2, 0.25) is 0 Å². The van der Waals surface area contributed by atoms with Crippen LogP contribution >= 0.6 is 0 Å². The van der Waals surface area contributed by atoms with Gasteiger partial charge in [0.15, 0.2) is 5.43 Å². The van der Waals surface area contributed by atoms with Crippen LogP contribution in [-0.2, 0) is 4.74 Å². The molecule has 2 heterocycles. The number of amides is 1. The van der Waals surface area contributed by atoms with Crippen LogP contribution < -0.4 is 5.43 Å². The summed E-state index contributed by atoms with van der Waals surface area (Å²) in [7, 11) is 0. The molecule has 0 bridgehead atoms. The molecule has 1 amide bonds. The Morgan fingerprint density at radius 3 is 3.00 bits per heavy atom. The van der Waals surface area contributed by atoms with E-state index in [2.05, 4.69) is 11.9 Å². The number of aromatic amines is 1. The standard InChI is InChI=1S/C15H22N2O3/c1-3-7-20-13-5-4-6-17(10-13)15(19)14-9-12(18)8-11(2)16-14/h8-9,13H,3-7,10H2,1-2H3,(H,16,18)/t13-/m1/s1. The molecule has 0 radical (unpaired) electrons. The Bertz CT molecular complexity index is 524. The van der Waals surface area contributed by atoms with E-state index in [1.54, 1.807) is 11.8 Å². The number of pyridine rings is 1. The van der Waals surface area contributed by atoms with Crippen LogP contribution in [0.2, 0.25) is 0 Å². The Morgan fingerprint density at radius 1 is 1.50 bits per heavy atom. The van der Waals surface area contributed by atoms with Crippen LogP contribution in [0.25, 0.3) is 0 Å². The third-order valence-electron chi connectivity index (χ3n) is 3.43. The highest BCUT2D eigenvalue weighted by molar-refractivity contribution is 5.92. The van der Waals surface area contributed by atoms with E-state index in [0.717, 1.165) is 32.4 Å². The lowest BCUT2D eigenvalue weighted by atomic mass is 10.1. The van der Waals surface area contributed by atoms with Crippen LogP contribution in [0.15, 0.2) is 16.9 Å². The van der Waals surface area contributed by atoms with Gasteiger partial charge in [-0.1, -0.05) is 6.92 Å². The number of aryl methyl sites for hydroxylation is 1. The molecule has 0 aromatic carbocycles. The van der Waals surface area contributed by atoms with Gasteiger partial charge in [0.05, 0.1) is 6.10 Å². The van der Waals surface area contributed by atoms with Crippen molar-refractivity contribution in [3.05, 3.63) is 33.7 Å². The molecular weight excluding hydrogens is 256 g/mol. The quantitative estimate of drug-likeness (QED) is 0.912. The molecule has 0 aliphatic carbocycles. The maximum absolute atomic E-state index is 12.4. The van der Waals surface area contributed by atoms with Gasteiger partial charge in [-0.25, -0.2) is 0 Å². The van der Waals surface area contributed by atoms with Crippen LogP contribution in [0.4, 0.5) is 0 Å². The zero-order valence-corrected chi connectivity index (χ0v) is 12.1. The minimum atomic E-state index is -0.139. The third-order valence-corrected chi connectivity index (χ3v) is 3.43. The minimum absolute atomic E-state index is 0.115. The van der Waals surface area contributed by atoms with E-state index < -0.39 is 0 Å². The number of hydrogen-bond acceptors (Lipinski definition) is 3. The van der Waals surface area contributed by atoms with Crippen LogP contribution in [0.5, 0.6) is 0 Å². The van der Waals surface area contributed by atoms with E-state index >= 15 is 0 Å². The summed E-state index contributed by atoms with van der Waals surface area (Å²) < 4.78 is 5.73. The molecule has 1 aromatic rings. The maximum Gasteiger partial charge on any atom is 0.270 e. The van der Waals surface area contributed by atoms with Crippen molar-refractivity contribution >= 4 is 5.91 Å². The summed E-state index contributed by atoms with van der Waals surface area (Å²) in [5.74, 6) is -0.115. The first-order valence-electron chi connectivity index (χ1n) is 7.22. The highest BCUT2D eigenvalue weighted by atomic mass is 16.5. The number of ether oxygens (including phenoxy) is 1. The molecule has 5 heteroatoms. The Balaban J connectivity index is 2.06. The summed E-state index contributed by atoms with van der Waals surface area (Å²) in [5.41, 5.74) is 0.933. The lowest BCUT2D eigenvalue weighted by molar-refractivity contribution is 0.00191. The van der Waals surface area contributed by atoms with Gasteiger partial charge in [-0.3, -0.25) is 9.59 Å². The monoisotopic (exact) mass is 278 g/mol. The van der Waals surface area contributed by atoms with Crippen molar-refractivity contribution in [2.45, 2.75) is 39.2 Å². The molecule has 0 spiro atoms. The number of aromatic nitrogens is 1. The number of H-pyrrole nitrogens is 1. The van der Waals surface area contributed by atoms with Crippen molar-refractivity contribution in [1.82, 2.24) is 9.88 Å². The van der Waals surface area contributed by atoms with Crippen molar-refractivity contribution in [3.8, 4) is 0 Å². The zero-order chi connectivity index (χ0) is 14.5. The number of piperidine rings is 1. The van der Waals surface area contributed by atoms with E-state index in [9.17, 15) is 9.59 Å². The number of carbonyl (C=O) groups is 1. The third kappa shape index (κ3) is 3.70. The molecule has 1 saturated heterocycles. The highest BCUT2D eigenvalue weighted by Crippen LogP contribution is 2.15. The normalized spacial score (nSPS) is 19.1. The molecule has 110 valence electrons. The maximum atomic E-state index is 12.4. The number of hydrogen-bond donors (Lipinski definition) is 1. The van der Waals surface area contributed by atoms with Gasteiger partial charge in [0.25, 0.3) is 5.91 Å². The lowest BCUT2D eigenvalue weighted by Gasteiger charge is -2.32. The summed E-state index contributed by atoms with van der Waals surface area (Å²) in [6, 6.07) is 2.85. The molecule has 5 nitrogen and oxygen atoms in total. The minimum Gasteiger partial charge on any atom is -0.376 e. The van der Waals surface area contributed by atoms with Crippen LogP contribution in [-0.4, -0.2) is 41.6 Å². The molecule has 1 N–H and O–H groups in total. The largest absolute Gasteiger partial charge is 0.376 e. The van der Waals surface area contributed by atoms with Crippen molar-refractivity contribution < 1.29 is 9.53 Å². The molecular formula is C15H22N2O3. The van der Waals surface area contributed by atoms with E-state index in [0.29, 0.717) is 17.9 Å². The Kier molecular flexibility index (Phi) is 4.95. The van der Waals surface area contributed by atoms with Gasteiger partial charge < -0.3 is 14.6 Å². The van der Waals surface area contributed by atoms with E-state index in [1.165, 1.54) is 12.1 Å². The Labute approximate surface area is 118 Å². The highest BCUT2D eigenvalue weighted by Gasteiger charge is 2.25.